The van der Waals surface area contributed by atoms with Crippen LogP contribution in [0.1, 0.15) is 63.0 Å². The summed E-state index contributed by atoms with van der Waals surface area (Å²) >= 11 is 0. The zero-order chi connectivity index (χ0) is 25.4. The van der Waals surface area contributed by atoms with Gasteiger partial charge in [-0.3, -0.25) is 14.8 Å². The monoisotopic (exact) mass is 493 g/mol. The van der Waals surface area contributed by atoms with Crippen molar-refractivity contribution in [2.45, 2.75) is 57.4 Å². The smallest absolute Gasteiger partial charge is 0.229 e. The van der Waals surface area contributed by atoms with E-state index in [1.807, 2.05) is 28.3 Å². The Hall–Kier alpha value is -2.93. The quantitative estimate of drug-likeness (QED) is 0.202. The molecule has 36 heavy (non-hydrogen) atoms. The molecule has 0 radical (unpaired) electrons. The molecule has 0 unspecified atom stereocenters. The fraction of sp³-hybridized carbons (Fsp3) is 0.552. The van der Waals surface area contributed by atoms with Crippen molar-refractivity contribution in [1.82, 2.24) is 15.1 Å². The minimum Gasteiger partial charge on any atom is -0.349 e. The van der Waals surface area contributed by atoms with Crippen molar-refractivity contribution >= 4 is 18.0 Å². The highest BCUT2D eigenvalue weighted by atomic mass is 16.4. The third-order valence-electron chi connectivity index (χ3n) is 8.40. The predicted molar refractivity (Wildman–Crippen MR) is 140 cm³/mol. The number of benzene rings is 1. The van der Waals surface area contributed by atoms with E-state index in [4.69, 9.17) is 5.21 Å². The SMILES string of the molecule is C=C/C(=C\C=[NH+]\O)CN1CCC2(CCN(CC[C@H](NC(=O)C3CCCC3)c3ccccc3)CC2)C1=O. The Labute approximate surface area is 214 Å². The topological polar surface area (TPSA) is 86.8 Å². The van der Waals surface area contributed by atoms with Crippen LogP contribution in [0, 0.1) is 11.3 Å². The van der Waals surface area contributed by atoms with Crippen LogP contribution in [0.3, 0.4) is 0 Å². The normalized spacial score (nSPS) is 21.9. The second kappa shape index (κ2) is 12.3. The van der Waals surface area contributed by atoms with E-state index in [-0.39, 0.29) is 29.2 Å². The molecule has 0 bridgehead atoms. The molecule has 1 aromatic rings. The van der Waals surface area contributed by atoms with Crippen molar-refractivity contribution in [3.05, 3.63) is 60.2 Å². The van der Waals surface area contributed by atoms with E-state index in [9.17, 15) is 9.59 Å². The van der Waals surface area contributed by atoms with E-state index in [1.165, 1.54) is 11.8 Å². The largest absolute Gasteiger partial charge is 0.349 e. The first kappa shape index (κ1) is 26.1. The van der Waals surface area contributed by atoms with Crippen molar-refractivity contribution < 1.29 is 20.0 Å². The number of carbonyl (C=O) groups excluding carboxylic acids is 2. The van der Waals surface area contributed by atoms with Gasteiger partial charge in [0.25, 0.3) is 0 Å². The number of allylic oxidation sites excluding steroid dienone is 1. The molecule has 3 fully saturated rings. The molecule has 2 heterocycles. The molecule has 2 aliphatic heterocycles. The van der Waals surface area contributed by atoms with Gasteiger partial charge in [-0.25, -0.2) is 0 Å². The predicted octanol–water partition coefficient (Wildman–Crippen LogP) is 2.39. The van der Waals surface area contributed by atoms with Gasteiger partial charge in [0.05, 0.1) is 11.5 Å². The van der Waals surface area contributed by atoms with Gasteiger partial charge >= 0.3 is 0 Å². The van der Waals surface area contributed by atoms with Crippen LogP contribution >= 0.6 is 0 Å². The second-order valence-corrected chi connectivity index (χ2v) is 10.6. The Kier molecular flexibility index (Phi) is 8.97. The Bertz CT molecular complexity index is 960. The van der Waals surface area contributed by atoms with Gasteiger partial charge < -0.3 is 15.1 Å². The lowest BCUT2D eigenvalue weighted by atomic mass is 9.77. The Morgan fingerprint density at radius 2 is 1.86 bits per heavy atom. The van der Waals surface area contributed by atoms with Crippen molar-refractivity contribution in [1.29, 1.82) is 0 Å². The Morgan fingerprint density at radius 3 is 2.53 bits per heavy atom. The minimum atomic E-state index is -0.253. The van der Waals surface area contributed by atoms with Gasteiger partial charge in [-0.1, -0.05) is 55.8 Å². The molecular weight excluding hydrogens is 452 g/mol. The standard InChI is InChI=1S/C29H40N4O3/c1-2-23(12-17-30-36)22-33-21-16-29(28(33)35)14-19-32(20-15-29)18-13-26(24-8-4-3-5-9-24)31-27(34)25-10-6-7-11-25/h2-5,8-9,12,17,25-26,36H,1,6-7,10-11,13-16,18-22H2,(H,31,34)/p+1/b23-12+,30-17+/t26-/m0/s1. The van der Waals surface area contributed by atoms with Crippen LogP contribution in [0.2, 0.25) is 0 Å². The van der Waals surface area contributed by atoms with E-state index >= 15 is 0 Å². The van der Waals surface area contributed by atoms with Crippen LogP contribution in [0.25, 0.3) is 0 Å². The number of likely N-dealkylation sites (tertiary alicyclic amines) is 2. The van der Waals surface area contributed by atoms with Crippen LogP contribution < -0.4 is 10.5 Å². The van der Waals surface area contributed by atoms with E-state index in [0.29, 0.717) is 6.54 Å². The zero-order valence-corrected chi connectivity index (χ0v) is 21.3. The number of rotatable bonds is 10. The third kappa shape index (κ3) is 6.25. The number of carbonyl (C=O) groups is 2. The summed E-state index contributed by atoms with van der Waals surface area (Å²) in [5.74, 6) is 0.616. The fourth-order valence-electron chi connectivity index (χ4n) is 6.06. The summed E-state index contributed by atoms with van der Waals surface area (Å²) in [7, 11) is 0. The van der Waals surface area contributed by atoms with E-state index in [2.05, 4.69) is 28.9 Å². The van der Waals surface area contributed by atoms with E-state index in [1.54, 1.807) is 12.2 Å². The Balaban J connectivity index is 1.31. The van der Waals surface area contributed by atoms with Gasteiger partial charge in [0.15, 0.2) is 0 Å². The molecule has 1 aliphatic carbocycles. The van der Waals surface area contributed by atoms with Crippen molar-refractivity contribution in [2.75, 3.05) is 32.7 Å². The molecule has 2 saturated heterocycles. The van der Waals surface area contributed by atoms with Crippen LogP contribution in [0.4, 0.5) is 0 Å². The average Bonchev–Trinajstić information content (AvgIpc) is 3.56. The molecule has 194 valence electrons. The number of piperidine rings is 1. The number of hydrogen-bond acceptors (Lipinski definition) is 4. The Morgan fingerprint density at radius 1 is 1.17 bits per heavy atom. The molecule has 1 spiro atoms. The zero-order valence-electron chi connectivity index (χ0n) is 21.3. The van der Waals surface area contributed by atoms with Gasteiger partial charge in [-0.05, 0) is 67.9 Å². The van der Waals surface area contributed by atoms with E-state index in [0.717, 1.165) is 83.1 Å². The molecule has 1 aromatic carbocycles. The van der Waals surface area contributed by atoms with Crippen LogP contribution in [0.5, 0.6) is 0 Å². The highest BCUT2D eigenvalue weighted by molar-refractivity contribution is 5.85. The number of nitrogens with one attached hydrogen (secondary N) is 2. The van der Waals surface area contributed by atoms with Crippen molar-refractivity contribution in [3.63, 3.8) is 0 Å². The molecule has 1 atom stereocenters. The molecule has 1 saturated carbocycles. The van der Waals surface area contributed by atoms with Crippen molar-refractivity contribution in [2.24, 2.45) is 11.3 Å². The summed E-state index contributed by atoms with van der Waals surface area (Å²) in [5.41, 5.74) is 1.81. The lowest BCUT2D eigenvalue weighted by molar-refractivity contribution is -0.733. The van der Waals surface area contributed by atoms with Gasteiger partial charge in [0.2, 0.25) is 18.0 Å². The van der Waals surface area contributed by atoms with Crippen LogP contribution in [0.15, 0.2) is 54.6 Å². The first-order valence-electron chi connectivity index (χ1n) is 13.5. The summed E-state index contributed by atoms with van der Waals surface area (Å²) in [6, 6.07) is 10.3. The summed E-state index contributed by atoms with van der Waals surface area (Å²) in [4.78, 5) is 30.6. The van der Waals surface area contributed by atoms with Gasteiger partial charge in [-0.2, -0.15) is 0 Å². The molecule has 0 aromatic heterocycles. The molecular formula is C29H41N4O3+. The number of nitrogens with zero attached hydrogens (tertiary/aromatic N) is 2. The first-order valence-corrected chi connectivity index (χ1v) is 13.5. The van der Waals surface area contributed by atoms with Gasteiger partial charge in [-0.15, -0.1) is 0 Å². The lowest BCUT2D eigenvalue weighted by Crippen LogP contribution is -2.63. The minimum absolute atomic E-state index is 0.0214. The first-order chi connectivity index (χ1) is 17.5. The molecule has 4 rings (SSSR count). The van der Waals surface area contributed by atoms with Crippen LogP contribution in [-0.4, -0.2) is 65.8 Å². The summed E-state index contributed by atoms with van der Waals surface area (Å²) in [5, 5.41) is 14.1. The van der Waals surface area contributed by atoms with E-state index < -0.39 is 0 Å². The summed E-state index contributed by atoms with van der Waals surface area (Å²) < 4.78 is 0. The summed E-state index contributed by atoms with van der Waals surface area (Å²) in [6.45, 7) is 7.83. The molecule has 7 heteroatoms. The molecule has 3 aliphatic rings. The maximum Gasteiger partial charge on any atom is 0.229 e. The van der Waals surface area contributed by atoms with Gasteiger partial charge in [0, 0.05) is 31.6 Å². The number of amides is 2. The second-order valence-electron chi connectivity index (χ2n) is 10.6. The molecule has 3 N–H and O–H groups in total. The van der Waals surface area contributed by atoms with Gasteiger partial charge in [0.1, 0.15) is 0 Å². The lowest BCUT2D eigenvalue weighted by Gasteiger charge is -2.38. The third-order valence-corrected chi connectivity index (χ3v) is 8.40. The average molecular weight is 494 g/mol. The number of hydrogen-bond donors (Lipinski definition) is 3. The van der Waals surface area contributed by atoms with Crippen molar-refractivity contribution in [3.8, 4) is 0 Å². The maximum absolute atomic E-state index is 13.3. The molecule has 7 nitrogen and oxygen atoms in total. The maximum atomic E-state index is 13.3. The van der Waals surface area contributed by atoms with Crippen LogP contribution in [-0.2, 0) is 9.59 Å². The highest BCUT2D eigenvalue weighted by Crippen LogP contribution is 2.42. The highest BCUT2D eigenvalue weighted by Gasteiger charge is 2.47. The summed E-state index contributed by atoms with van der Waals surface area (Å²) in [6.07, 6.45) is 12.8. The molecule has 2 amide bonds. The fourth-order valence-corrected chi connectivity index (χ4v) is 6.06.